The summed E-state index contributed by atoms with van der Waals surface area (Å²) in [7, 11) is -4.21. The summed E-state index contributed by atoms with van der Waals surface area (Å²) in [5.74, 6) is -0.480. The van der Waals surface area contributed by atoms with E-state index < -0.39 is 28.5 Å². The van der Waals surface area contributed by atoms with Crippen LogP contribution in [0.25, 0.3) is 16.9 Å². The van der Waals surface area contributed by atoms with Gasteiger partial charge in [-0.2, -0.15) is 30.6 Å². The smallest absolute Gasteiger partial charge is 0.306 e. The van der Waals surface area contributed by atoms with Crippen LogP contribution in [0.1, 0.15) is 24.0 Å². The Labute approximate surface area is 206 Å². The third-order valence-electron chi connectivity index (χ3n) is 7.92. The van der Waals surface area contributed by atoms with Crippen molar-refractivity contribution in [1.29, 1.82) is 0 Å². The number of aromatic nitrogens is 2. The van der Waals surface area contributed by atoms with E-state index in [4.69, 9.17) is 0 Å². The fourth-order valence-corrected chi connectivity index (χ4v) is 7.94. The van der Waals surface area contributed by atoms with E-state index in [0.29, 0.717) is 17.1 Å². The van der Waals surface area contributed by atoms with E-state index in [9.17, 15) is 26.0 Å². The van der Waals surface area contributed by atoms with Crippen molar-refractivity contribution in [2.24, 2.45) is 11.8 Å². The summed E-state index contributed by atoms with van der Waals surface area (Å²) in [6.07, 6.45) is 1.65. The van der Waals surface area contributed by atoms with Gasteiger partial charge in [-0.3, -0.25) is 0 Å². The van der Waals surface area contributed by atoms with Crippen molar-refractivity contribution in [3.05, 3.63) is 71.9 Å². The van der Waals surface area contributed by atoms with Crippen molar-refractivity contribution in [3.8, 4) is 16.9 Å². The average Bonchev–Trinajstić information content (AvgIpc) is 3.43. The molecule has 36 heavy (non-hydrogen) atoms. The number of fused-ring (bicyclic) bond motifs is 1. The van der Waals surface area contributed by atoms with E-state index in [-0.39, 0.29) is 24.2 Å². The first-order chi connectivity index (χ1) is 17.0. The van der Waals surface area contributed by atoms with Gasteiger partial charge in [0.25, 0.3) is 10.2 Å². The minimum atomic E-state index is -4.60. The third-order valence-corrected chi connectivity index (χ3v) is 9.49. The van der Waals surface area contributed by atoms with Crippen LogP contribution in [0.15, 0.2) is 55.0 Å². The Hall–Kier alpha value is -2.76. The first-order valence-electron chi connectivity index (χ1n) is 11.8. The van der Waals surface area contributed by atoms with Gasteiger partial charge in [0, 0.05) is 24.0 Å². The molecule has 3 aliphatic rings. The normalized spacial score (nSPS) is 27.3. The van der Waals surface area contributed by atoms with E-state index in [1.807, 2.05) is 18.3 Å². The molecule has 1 saturated carbocycles. The molecule has 1 spiro atoms. The van der Waals surface area contributed by atoms with E-state index in [0.717, 1.165) is 40.9 Å². The van der Waals surface area contributed by atoms with Gasteiger partial charge in [0.15, 0.2) is 0 Å². The number of benzene rings is 2. The highest BCUT2D eigenvalue weighted by Gasteiger charge is 2.60. The Balaban J connectivity index is 1.29. The summed E-state index contributed by atoms with van der Waals surface area (Å²) in [6.45, 7) is -1.63. The van der Waals surface area contributed by atoms with Crippen LogP contribution in [0.3, 0.4) is 0 Å². The zero-order chi connectivity index (χ0) is 25.3. The van der Waals surface area contributed by atoms with Gasteiger partial charge in [-0.25, -0.2) is 9.37 Å². The van der Waals surface area contributed by atoms with Crippen molar-refractivity contribution in [1.82, 2.24) is 18.6 Å². The van der Waals surface area contributed by atoms with Crippen molar-refractivity contribution >= 4 is 10.2 Å². The van der Waals surface area contributed by atoms with Crippen LogP contribution in [0.4, 0.5) is 17.6 Å². The summed E-state index contributed by atoms with van der Waals surface area (Å²) >= 11 is 0. The van der Waals surface area contributed by atoms with E-state index in [2.05, 4.69) is 15.8 Å². The van der Waals surface area contributed by atoms with Crippen molar-refractivity contribution in [3.63, 3.8) is 0 Å². The second-order valence-corrected chi connectivity index (χ2v) is 11.7. The highest BCUT2D eigenvalue weighted by Crippen LogP contribution is 2.50. The van der Waals surface area contributed by atoms with Crippen LogP contribution in [0, 0.1) is 17.7 Å². The standard InChI is InChI=1S/C25H24F4N4O2S/c26-21-5-7-22(8-6-21)32-12-23(30-15-32)17-2-1-16-10-19-3-4-20(11-18(16)9-17)24(19)13-33(14-25(27,28)29)36(34,35)31-24/h1-2,5-9,12,15,19-20,31H,3-4,10-11,13-14H2/t19-,20+,24+/m0/s1. The Morgan fingerprint density at radius 2 is 1.72 bits per heavy atom. The highest BCUT2D eigenvalue weighted by atomic mass is 32.2. The SMILES string of the molecule is O=S1(=O)N[C@@]2(CN1CC(F)(F)F)[C@@H]1CC[C@H]2Cc2ccc(-c3cn(-c4ccc(F)cc4)cn3)cc2C1. The molecule has 0 unspecified atom stereocenters. The number of hydrogen-bond donors (Lipinski definition) is 1. The molecule has 2 heterocycles. The van der Waals surface area contributed by atoms with Gasteiger partial charge in [0.2, 0.25) is 0 Å². The molecule has 6 rings (SSSR count). The molecule has 3 atom stereocenters. The predicted octanol–water partition coefficient (Wildman–Crippen LogP) is 4.25. The van der Waals surface area contributed by atoms with Crippen LogP contribution >= 0.6 is 0 Å². The lowest BCUT2D eigenvalue weighted by Crippen LogP contribution is -2.52. The number of halogens is 4. The molecular formula is C25H24F4N4O2S. The van der Waals surface area contributed by atoms with Crippen molar-refractivity contribution in [2.75, 3.05) is 13.1 Å². The fraction of sp³-hybridized carbons (Fsp3) is 0.400. The largest absolute Gasteiger partial charge is 0.402 e. The van der Waals surface area contributed by atoms with Gasteiger partial charge in [-0.05, 0) is 79.0 Å². The quantitative estimate of drug-likeness (QED) is 0.525. The molecule has 1 saturated heterocycles. The topological polar surface area (TPSA) is 67.2 Å². The molecule has 11 heteroatoms. The third kappa shape index (κ3) is 4.03. The van der Waals surface area contributed by atoms with Crippen LogP contribution in [0.5, 0.6) is 0 Å². The Morgan fingerprint density at radius 3 is 2.42 bits per heavy atom. The zero-order valence-corrected chi connectivity index (χ0v) is 20.0. The first kappa shape index (κ1) is 23.6. The van der Waals surface area contributed by atoms with Gasteiger partial charge in [0.1, 0.15) is 12.4 Å². The predicted molar refractivity (Wildman–Crippen MR) is 125 cm³/mol. The van der Waals surface area contributed by atoms with Gasteiger partial charge in [-0.1, -0.05) is 12.1 Å². The molecule has 1 aromatic heterocycles. The van der Waals surface area contributed by atoms with E-state index in [1.165, 1.54) is 12.1 Å². The lowest BCUT2D eigenvalue weighted by atomic mass is 9.79. The summed E-state index contributed by atoms with van der Waals surface area (Å²) in [6, 6.07) is 12.1. The summed E-state index contributed by atoms with van der Waals surface area (Å²) in [5.41, 5.74) is 3.69. The number of rotatable bonds is 3. The molecule has 3 aromatic rings. The molecular weight excluding hydrogens is 496 g/mol. The minimum absolute atomic E-state index is 0.0692. The molecule has 6 nitrogen and oxygen atoms in total. The molecule has 1 aliphatic heterocycles. The lowest BCUT2D eigenvalue weighted by molar-refractivity contribution is -0.136. The summed E-state index contributed by atoms with van der Waals surface area (Å²) in [4.78, 5) is 4.50. The second kappa shape index (κ2) is 8.12. The molecule has 2 aromatic carbocycles. The number of hydrogen-bond acceptors (Lipinski definition) is 3. The Bertz CT molecular complexity index is 1420. The molecule has 190 valence electrons. The molecule has 1 N–H and O–H groups in total. The maximum atomic E-state index is 13.3. The van der Waals surface area contributed by atoms with Crippen LogP contribution in [-0.4, -0.2) is 47.1 Å². The monoisotopic (exact) mass is 520 g/mol. The number of nitrogens with zero attached hydrogens (tertiary/aromatic N) is 3. The van der Waals surface area contributed by atoms with E-state index in [1.54, 1.807) is 23.0 Å². The van der Waals surface area contributed by atoms with Crippen LogP contribution in [0.2, 0.25) is 0 Å². The Morgan fingerprint density at radius 1 is 1.03 bits per heavy atom. The lowest BCUT2D eigenvalue weighted by Gasteiger charge is -2.33. The number of imidazole rings is 1. The fourth-order valence-electron chi connectivity index (χ4n) is 6.23. The summed E-state index contributed by atoms with van der Waals surface area (Å²) < 4.78 is 82.9. The molecule has 0 radical (unpaired) electrons. The van der Waals surface area contributed by atoms with Gasteiger partial charge in [-0.15, -0.1) is 0 Å². The Kier molecular flexibility index (Phi) is 5.33. The van der Waals surface area contributed by atoms with Gasteiger partial charge >= 0.3 is 6.18 Å². The molecule has 2 aliphatic carbocycles. The van der Waals surface area contributed by atoms with Crippen LogP contribution < -0.4 is 4.72 Å². The highest BCUT2D eigenvalue weighted by molar-refractivity contribution is 7.87. The molecule has 2 fully saturated rings. The zero-order valence-electron chi connectivity index (χ0n) is 19.2. The minimum Gasteiger partial charge on any atom is -0.306 e. The molecule has 0 amide bonds. The maximum Gasteiger partial charge on any atom is 0.402 e. The van der Waals surface area contributed by atoms with Gasteiger partial charge in [0.05, 0.1) is 17.6 Å². The molecule has 2 bridgehead atoms. The van der Waals surface area contributed by atoms with Gasteiger partial charge < -0.3 is 4.57 Å². The van der Waals surface area contributed by atoms with Crippen LogP contribution in [-0.2, 0) is 23.1 Å². The maximum absolute atomic E-state index is 13.3. The summed E-state index contributed by atoms with van der Waals surface area (Å²) in [5, 5.41) is 0. The van der Waals surface area contributed by atoms with Crippen molar-refractivity contribution < 1.29 is 26.0 Å². The van der Waals surface area contributed by atoms with E-state index >= 15 is 0 Å². The average molecular weight is 521 g/mol. The second-order valence-electron chi connectivity index (χ2n) is 10.0. The number of alkyl halides is 3. The number of nitrogens with one attached hydrogen (secondary N) is 1. The van der Waals surface area contributed by atoms with Crippen molar-refractivity contribution in [2.45, 2.75) is 37.4 Å². The first-order valence-corrected chi connectivity index (χ1v) is 13.2.